The van der Waals surface area contributed by atoms with Crippen molar-refractivity contribution in [2.45, 2.75) is 19.3 Å². The zero-order valence-electron chi connectivity index (χ0n) is 9.00. The van der Waals surface area contributed by atoms with Crippen LogP contribution in [0.5, 0.6) is 0 Å². The van der Waals surface area contributed by atoms with Gasteiger partial charge in [0.25, 0.3) is 0 Å². The van der Waals surface area contributed by atoms with Crippen LogP contribution in [0.4, 0.5) is 0 Å². The van der Waals surface area contributed by atoms with E-state index in [-0.39, 0.29) is 0 Å². The Kier molecular flexibility index (Phi) is 2.76. The normalized spacial score (nSPS) is 27.1. The summed E-state index contributed by atoms with van der Waals surface area (Å²) >= 11 is 0. The third kappa shape index (κ3) is 2.26. The summed E-state index contributed by atoms with van der Waals surface area (Å²) in [6.45, 7) is 5.90. The highest BCUT2D eigenvalue weighted by Crippen LogP contribution is 2.49. The molecule has 2 fully saturated rings. The summed E-state index contributed by atoms with van der Waals surface area (Å²) in [4.78, 5) is 4.91. The van der Waals surface area contributed by atoms with Crippen LogP contribution in [-0.4, -0.2) is 49.6 Å². The SMILES string of the molecule is CN1CCN(CC2(CC#N)CC2)CC1. The third-order valence-corrected chi connectivity index (χ3v) is 3.57. The zero-order valence-corrected chi connectivity index (χ0v) is 9.00. The van der Waals surface area contributed by atoms with Crippen molar-refractivity contribution in [2.75, 3.05) is 39.8 Å². The molecular formula is C11H19N3. The summed E-state index contributed by atoms with van der Waals surface area (Å²) in [5.74, 6) is 0. The van der Waals surface area contributed by atoms with Crippen molar-refractivity contribution in [1.82, 2.24) is 9.80 Å². The van der Waals surface area contributed by atoms with Crippen molar-refractivity contribution in [3.63, 3.8) is 0 Å². The minimum Gasteiger partial charge on any atom is -0.304 e. The number of hydrogen-bond acceptors (Lipinski definition) is 3. The number of likely N-dealkylation sites (N-methyl/N-ethyl adjacent to an activating group) is 1. The van der Waals surface area contributed by atoms with E-state index in [1.165, 1.54) is 39.0 Å². The number of piperazine rings is 1. The van der Waals surface area contributed by atoms with Gasteiger partial charge in [-0.15, -0.1) is 0 Å². The molecule has 0 aromatic carbocycles. The lowest BCUT2D eigenvalue weighted by atomic mass is 10.0. The van der Waals surface area contributed by atoms with E-state index in [1.54, 1.807) is 0 Å². The first-order valence-corrected chi connectivity index (χ1v) is 5.52. The van der Waals surface area contributed by atoms with Crippen molar-refractivity contribution in [1.29, 1.82) is 5.26 Å². The molecule has 0 atom stereocenters. The number of rotatable bonds is 3. The van der Waals surface area contributed by atoms with Crippen molar-refractivity contribution in [3.05, 3.63) is 0 Å². The molecule has 1 heterocycles. The molecule has 0 amide bonds. The van der Waals surface area contributed by atoms with E-state index >= 15 is 0 Å². The minimum absolute atomic E-state index is 0.394. The molecule has 0 aromatic heterocycles. The lowest BCUT2D eigenvalue weighted by Gasteiger charge is -2.34. The van der Waals surface area contributed by atoms with E-state index in [2.05, 4.69) is 22.9 Å². The summed E-state index contributed by atoms with van der Waals surface area (Å²) in [7, 11) is 2.18. The fraction of sp³-hybridized carbons (Fsp3) is 0.909. The van der Waals surface area contributed by atoms with Crippen LogP contribution < -0.4 is 0 Å². The fourth-order valence-electron chi connectivity index (χ4n) is 2.22. The Bertz CT molecular complexity index is 231. The Labute approximate surface area is 86.3 Å². The highest BCUT2D eigenvalue weighted by Gasteiger charge is 2.43. The van der Waals surface area contributed by atoms with Gasteiger partial charge >= 0.3 is 0 Å². The highest BCUT2D eigenvalue weighted by molar-refractivity contribution is 5.01. The molecule has 1 saturated heterocycles. The Morgan fingerprint density at radius 1 is 1.21 bits per heavy atom. The van der Waals surface area contributed by atoms with Gasteiger partial charge in [0, 0.05) is 39.1 Å². The van der Waals surface area contributed by atoms with Gasteiger partial charge in [0.05, 0.1) is 6.07 Å². The van der Waals surface area contributed by atoms with E-state index in [0.29, 0.717) is 5.41 Å². The first-order chi connectivity index (χ1) is 6.74. The lowest BCUT2D eigenvalue weighted by molar-refractivity contribution is 0.131. The van der Waals surface area contributed by atoms with Crippen molar-refractivity contribution >= 4 is 0 Å². The summed E-state index contributed by atoms with van der Waals surface area (Å²) in [6, 6.07) is 2.33. The summed E-state index contributed by atoms with van der Waals surface area (Å²) in [5.41, 5.74) is 0.394. The van der Waals surface area contributed by atoms with E-state index in [0.717, 1.165) is 13.0 Å². The molecule has 14 heavy (non-hydrogen) atoms. The van der Waals surface area contributed by atoms with Crippen LogP contribution in [0.3, 0.4) is 0 Å². The molecule has 3 nitrogen and oxygen atoms in total. The van der Waals surface area contributed by atoms with E-state index in [4.69, 9.17) is 5.26 Å². The van der Waals surface area contributed by atoms with Gasteiger partial charge in [-0.25, -0.2) is 0 Å². The van der Waals surface area contributed by atoms with Crippen molar-refractivity contribution in [2.24, 2.45) is 5.41 Å². The zero-order chi connectivity index (χ0) is 10.0. The Hall–Kier alpha value is -0.590. The number of nitrogens with zero attached hydrogens (tertiary/aromatic N) is 3. The quantitative estimate of drug-likeness (QED) is 0.668. The lowest BCUT2D eigenvalue weighted by Crippen LogP contribution is -2.46. The maximum Gasteiger partial charge on any atom is 0.0628 e. The van der Waals surface area contributed by atoms with E-state index < -0.39 is 0 Å². The standard InChI is InChI=1S/C11H19N3/c1-13-6-8-14(9-7-13)10-11(2-3-11)4-5-12/h2-4,6-10H2,1H3. The molecule has 0 bridgehead atoms. The van der Waals surface area contributed by atoms with E-state index in [1.807, 2.05) is 0 Å². The predicted molar refractivity (Wildman–Crippen MR) is 55.8 cm³/mol. The summed E-state index contributed by atoms with van der Waals surface area (Å²) < 4.78 is 0. The predicted octanol–water partition coefficient (Wildman–Crippen LogP) is 0.928. The van der Waals surface area contributed by atoms with Crippen LogP contribution in [0.25, 0.3) is 0 Å². The smallest absolute Gasteiger partial charge is 0.0628 e. The number of nitriles is 1. The van der Waals surface area contributed by atoms with Crippen LogP contribution in [0, 0.1) is 16.7 Å². The van der Waals surface area contributed by atoms with Gasteiger partial charge in [-0.2, -0.15) is 5.26 Å². The average Bonchev–Trinajstić information content (AvgIpc) is 2.90. The fourth-order valence-corrected chi connectivity index (χ4v) is 2.22. The average molecular weight is 193 g/mol. The van der Waals surface area contributed by atoms with Gasteiger partial charge in [0.15, 0.2) is 0 Å². The molecule has 3 heteroatoms. The molecule has 1 aliphatic carbocycles. The molecular weight excluding hydrogens is 174 g/mol. The van der Waals surface area contributed by atoms with Crippen LogP contribution in [0.2, 0.25) is 0 Å². The molecule has 1 saturated carbocycles. The molecule has 0 N–H and O–H groups in total. The second-order valence-electron chi connectivity index (χ2n) is 4.91. The van der Waals surface area contributed by atoms with Crippen LogP contribution in [-0.2, 0) is 0 Å². The Balaban J connectivity index is 1.78. The highest BCUT2D eigenvalue weighted by atomic mass is 15.2. The Morgan fingerprint density at radius 2 is 1.86 bits per heavy atom. The van der Waals surface area contributed by atoms with Crippen LogP contribution in [0.1, 0.15) is 19.3 Å². The molecule has 2 aliphatic rings. The summed E-state index contributed by atoms with van der Waals surface area (Å²) in [5, 5.41) is 8.74. The first-order valence-electron chi connectivity index (χ1n) is 5.52. The number of hydrogen-bond donors (Lipinski definition) is 0. The van der Waals surface area contributed by atoms with Crippen molar-refractivity contribution < 1.29 is 0 Å². The van der Waals surface area contributed by atoms with Gasteiger partial charge in [0.2, 0.25) is 0 Å². The second kappa shape index (κ2) is 3.88. The monoisotopic (exact) mass is 193 g/mol. The molecule has 0 aromatic rings. The van der Waals surface area contributed by atoms with Gasteiger partial charge in [-0.1, -0.05) is 0 Å². The van der Waals surface area contributed by atoms with Gasteiger partial charge in [0.1, 0.15) is 0 Å². The van der Waals surface area contributed by atoms with Crippen LogP contribution in [0.15, 0.2) is 0 Å². The van der Waals surface area contributed by atoms with Gasteiger partial charge in [-0.05, 0) is 25.3 Å². The van der Waals surface area contributed by atoms with Crippen molar-refractivity contribution in [3.8, 4) is 6.07 Å². The summed E-state index contributed by atoms with van der Waals surface area (Å²) in [6.07, 6.45) is 3.30. The first kappa shape index (κ1) is 9.95. The van der Waals surface area contributed by atoms with Crippen LogP contribution >= 0.6 is 0 Å². The molecule has 1 aliphatic heterocycles. The maximum absolute atomic E-state index is 8.74. The largest absolute Gasteiger partial charge is 0.304 e. The molecule has 0 spiro atoms. The van der Waals surface area contributed by atoms with Gasteiger partial charge < -0.3 is 9.80 Å². The third-order valence-electron chi connectivity index (χ3n) is 3.57. The molecule has 2 rings (SSSR count). The molecule has 78 valence electrons. The Morgan fingerprint density at radius 3 is 2.36 bits per heavy atom. The molecule has 0 radical (unpaired) electrons. The second-order valence-corrected chi connectivity index (χ2v) is 4.91. The van der Waals surface area contributed by atoms with E-state index in [9.17, 15) is 0 Å². The molecule has 0 unspecified atom stereocenters. The minimum atomic E-state index is 0.394. The topological polar surface area (TPSA) is 30.3 Å². The van der Waals surface area contributed by atoms with Gasteiger partial charge in [-0.3, -0.25) is 0 Å². The maximum atomic E-state index is 8.74.